The van der Waals surface area contributed by atoms with E-state index in [1.807, 2.05) is 20.1 Å². The number of carboxylic acid groups (broad SMARTS) is 2. The molecule has 0 aliphatic carbocycles. The van der Waals surface area contributed by atoms with Crippen LogP contribution in [0.15, 0.2) is 30.3 Å². The van der Waals surface area contributed by atoms with Crippen molar-refractivity contribution < 1.29 is 34.2 Å². The Morgan fingerprint density at radius 1 is 0.917 bits per heavy atom. The molecule has 0 fully saturated rings. The normalized spacial score (nSPS) is 15.0. The third-order valence-corrected chi connectivity index (χ3v) is 6.36. The van der Waals surface area contributed by atoms with E-state index in [2.05, 4.69) is 16.0 Å². The standard InChI is InChI=1S/C24H36N4O7S/c1-4-14(2)20(25)23(33)26-16(10-11-36-3)21(31)27-17(13-19(29)30)22(32)28-18(24(34)35)12-15-8-6-5-7-9-15/h5-9,14,16-18,20H,4,10-13,25H2,1-3H3,(H,26,33)(H,27,31)(H,28,32)(H,29,30)(H,34,35). The lowest BCUT2D eigenvalue weighted by molar-refractivity contribution is -0.143. The first-order chi connectivity index (χ1) is 17.0. The van der Waals surface area contributed by atoms with Gasteiger partial charge >= 0.3 is 11.9 Å². The molecular formula is C24H36N4O7S. The molecule has 0 saturated heterocycles. The summed E-state index contributed by atoms with van der Waals surface area (Å²) in [6.45, 7) is 3.69. The summed E-state index contributed by atoms with van der Waals surface area (Å²) >= 11 is 1.44. The predicted octanol–water partition coefficient (Wildman–Crippen LogP) is 0.369. The zero-order valence-electron chi connectivity index (χ0n) is 20.7. The number of carboxylic acids is 2. The van der Waals surface area contributed by atoms with Crippen LogP contribution in [0, 0.1) is 5.92 Å². The number of hydrogen-bond acceptors (Lipinski definition) is 7. The fourth-order valence-corrected chi connectivity index (χ4v) is 3.73. The summed E-state index contributed by atoms with van der Waals surface area (Å²) in [5.41, 5.74) is 6.62. The quantitative estimate of drug-likeness (QED) is 0.177. The van der Waals surface area contributed by atoms with Gasteiger partial charge in [-0.25, -0.2) is 4.79 Å². The van der Waals surface area contributed by atoms with Gasteiger partial charge in [-0.3, -0.25) is 19.2 Å². The van der Waals surface area contributed by atoms with Gasteiger partial charge in [0.25, 0.3) is 0 Å². The van der Waals surface area contributed by atoms with Crippen LogP contribution in [-0.4, -0.2) is 76.0 Å². The number of aliphatic carboxylic acids is 2. The van der Waals surface area contributed by atoms with E-state index in [4.69, 9.17) is 5.73 Å². The molecule has 0 heterocycles. The molecule has 11 nitrogen and oxygen atoms in total. The molecule has 200 valence electrons. The van der Waals surface area contributed by atoms with Crippen LogP contribution in [0.3, 0.4) is 0 Å². The van der Waals surface area contributed by atoms with Gasteiger partial charge < -0.3 is 31.9 Å². The third-order valence-electron chi connectivity index (χ3n) is 5.71. The summed E-state index contributed by atoms with van der Waals surface area (Å²) in [5.74, 6) is -4.54. The lowest BCUT2D eigenvalue weighted by atomic mass is 9.99. The van der Waals surface area contributed by atoms with E-state index in [1.165, 1.54) is 11.8 Å². The lowest BCUT2D eigenvalue weighted by Crippen LogP contribution is -2.58. The first-order valence-corrected chi connectivity index (χ1v) is 13.0. The predicted molar refractivity (Wildman–Crippen MR) is 136 cm³/mol. The van der Waals surface area contributed by atoms with E-state index in [0.29, 0.717) is 17.7 Å². The van der Waals surface area contributed by atoms with E-state index < -0.39 is 60.2 Å². The van der Waals surface area contributed by atoms with Gasteiger partial charge in [-0.1, -0.05) is 50.6 Å². The Morgan fingerprint density at radius 2 is 1.47 bits per heavy atom. The molecule has 1 aromatic rings. The summed E-state index contributed by atoms with van der Waals surface area (Å²) in [7, 11) is 0. The molecule has 12 heteroatoms. The zero-order valence-corrected chi connectivity index (χ0v) is 21.5. The Kier molecular flexibility index (Phi) is 13.6. The van der Waals surface area contributed by atoms with Gasteiger partial charge in [-0.15, -0.1) is 0 Å². The molecule has 0 aliphatic heterocycles. The van der Waals surface area contributed by atoms with Gasteiger partial charge in [0.15, 0.2) is 0 Å². The molecule has 1 rings (SSSR count). The highest BCUT2D eigenvalue weighted by atomic mass is 32.2. The summed E-state index contributed by atoms with van der Waals surface area (Å²) in [4.78, 5) is 61.5. The second kappa shape index (κ2) is 15.8. The number of carbonyl (C=O) groups excluding carboxylic acids is 3. The maximum absolute atomic E-state index is 13.0. The first-order valence-electron chi connectivity index (χ1n) is 11.6. The molecule has 0 aromatic heterocycles. The minimum Gasteiger partial charge on any atom is -0.481 e. The fraction of sp³-hybridized carbons (Fsp3) is 0.542. The van der Waals surface area contributed by atoms with Crippen LogP contribution in [0.2, 0.25) is 0 Å². The van der Waals surface area contributed by atoms with Crippen LogP contribution >= 0.6 is 11.8 Å². The smallest absolute Gasteiger partial charge is 0.326 e. The monoisotopic (exact) mass is 524 g/mol. The Bertz CT molecular complexity index is 900. The van der Waals surface area contributed by atoms with Crippen LogP contribution in [-0.2, 0) is 30.4 Å². The van der Waals surface area contributed by atoms with E-state index in [1.54, 1.807) is 30.3 Å². The number of carbonyl (C=O) groups is 5. The average Bonchev–Trinajstić information content (AvgIpc) is 2.84. The largest absolute Gasteiger partial charge is 0.481 e. The second-order valence-electron chi connectivity index (χ2n) is 8.50. The SMILES string of the molecule is CCC(C)C(N)C(=O)NC(CCSC)C(=O)NC(CC(=O)O)C(=O)NC(Cc1ccccc1)C(=O)O. The van der Waals surface area contributed by atoms with Crippen molar-refractivity contribution in [3.8, 4) is 0 Å². The molecule has 0 saturated carbocycles. The highest BCUT2D eigenvalue weighted by Gasteiger charge is 2.32. The molecule has 0 radical (unpaired) electrons. The molecule has 36 heavy (non-hydrogen) atoms. The van der Waals surface area contributed by atoms with Gasteiger partial charge in [0.05, 0.1) is 12.5 Å². The van der Waals surface area contributed by atoms with Crippen LogP contribution in [0.4, 0.5) is 0 Å². The number of nitrogens with one attached hydrogen (secondary N) is 3. The molecule has 7 N–H and O–H groups in total. The molecule has 0 spiro atoms. The summed E-state index contributed by atoms with van der Waals surface area (Å²) in [5, 5.41) is 26.1. The molecular weight excluding hydrogens is 488 g/mol. The zero-order chi connectivity index (χ0) is 27.3. The number of rotatable bonds is 16. The van der Waals surface area contributed by atoms with Gasteiger partial charge in [0.2, 0.25) is 17.7 Å². The Hall–Kier alpha value is -3.12. The minimum atomic E-state index is -1.55. The van der Waals surface area contributed by atoms with Gasteiger partial charge in [0, 0.05) is 6.42 Å². The molecule has 5 atom stereocenters. The highest BCUT2D eigenvalue weighted by molar-refractivity contribution is 7.98. The Balaban J connectivity index is 3.00. The first kappa shape index (κ1) is 30.9. The summed E-state index contributed by atoms with van der Waals surface area (Å²) in [6, 6.07) is 3.81. The fourth-order valence-electron chi connectivity index (χ4n) is 3.26. The van der Waals surface area contributed by atoms with Crippen molar-refractivity contribution in [2.75, 3.05) is 12.0 Å². The highest BCUT2D eigenvalue weighted by Crippen LogP contribution is 2.09. The number of hydrogen-bond donors (Lipinski definition) is 6. The van der Waals surface area contributed by atoms with Crippen molar-refractivity contribution in [2.24, 2.45) is 11.7 Å². The van der Waals surface area contributed by atoms with Crippen LogP contribution in [0.5, 0.6) is 0 Å². The molecule has 0 aliphatic rings. The van der Waals surface area contributed by atoms with Crippen molar-refractivity contribution in [3.63, 3.8) is 0 Å². The van der Waals surface area contributed by atoms with Gasteiger partial charge in [0.1, 0.15) is 18.1 Å². The Morgan fingerprint density at radius 3 is 2.00 bits per heavy atom. The maximum atomic E-state index is 13.0. The molecule has 3 amide bonds. The summed E-state index contributed by atoms with van der Waals surface area (Å²) < 4.78 is 0. The van der Waals surface area contributed by atoms with Crippen molar-refractivity contribution in [1.29, 1.82) is 0 Å². The molecule has 5 unspecified atom stereocenters. The number of benzene rings is 1. The van der Waals surface area contributed by atoms with Crippen molar-refractivity contribution in [2.45, 2.75) is 63.7 Å². The summed E-state index contributed by atoms with van der Waals surface area (Å²) in [6.07, 6.45) is 1.89. The van der Waals surface area contributed by atoms with Gasteiger partial charge in [-0.2, -0.15) is 11.8 Å². The molecule has 1 aromatic carbocycles. The Labute approximate surface area is 215 Å². The third kappa shape index (κ3) is 10.6. The van der Waals surface area contributed by atoms with E-state index >= 15 is 0 Å². The maximum Gasteiger partial charge on any atom is 0.326 e. The number of nitrogens with two attached hydrogens (primary N) is 1. The topological polar surface area (TPSA) is 188 Å². The minimum absolute atomic E-state index is 0.0322. The second-order valence-corrected chi connectivity index (χ2v) is 9.49. The van der Waals surface area contributed by atoms with E-state index in [-0.39, 0.29) is 18.8 Å². The average molecular weight is 525 g/mol. The molecule has 0 bridgehead atoms. The van der Waals surface area contributed by atoms with E-state index in [9.17, 15) is 34.2 Å². The van der Waals surface area contributed by atoms with Crippen LogP contribution < -0.4 is 21.7 Å². The van der Waals surface area contributed by atoms with E-state index in [0.717, 1.165) is 0 Å². The lowest BCUT2D eigenvalue weighted by Gasteiger charge is -2.25. The number of thioether (sulfide) groups is 1. The van der Waals surface area contributed by atoms with Crippen molar-refractivity contribution in [3.05, 3.63) is 35.9 Å². The van der Waals surface area contributed by atoms with Crippen molar-refractivity contribution in [1.82, 2.24) is 16.0 Å². The van der Waals surface area contributed by atoms with Crippen LogP contribution in [0.25, 0.3) is 0 Å². The van der Waals surface area contributed by atoms with Crippen molar-refractivity contribution >= 4 is 41.4 Å². The van der Waals surface area contributed by atoms with Crippen LogP contribution in [0.1, 0.15) is 38.7 Å². The number of amides is 3. The van der Waals surface area contributed by atoms with Gasteiger partial charge in [-0.05, 0) is 29.9 Å².